The van der Waals surface area contributed by atoms with Gasteiger partial charge in [0.2, 0.25) is 0 Å². The quantitative estimate of drug-likeness (QED) is 0.791. The van der Waals surface area contributed by atoms with Crippen molar-refractivity contribution in [1.82, 2.24) is 9.78 Å². The normalized spacial score (nSPS) is 10.2. The van der Waals surface area contributed by atoms with Crippen LogP contribution in [0.15, 0.2) is 10.7 Å². The molecular weight excluding hydrogens is 228 g/mol. The van der Waals surface area contributed by atoms with Crippen LogP contribution in [0.5, 0.6) is 0 Å². The fraction of sp³-hybridized carbons (Fsp3) is 0.333. The van der Waals surface area contributed by atoms with Gasteiger partial charge in [0.25, 0.3) is 0 Å². The van der Waals surface area contributed by atoms with Gasteiger partial charge in [-0.1, -0.05) is 0 Å². The Morgan fingerprint density at radius 1 is 1.75 bits per heavy atom. The maximum Gasteiger partial charge on any atom is 0.357 e. The molecule has 0 aliphatic heterocycles. The van der Waals surface area contributed by atoms with Crippen LogP contribution < -0.4 is 0 Å². The third-order valence-electron chi connectivity index (χ3n) is 1.25. The molecule has 0 radical (unpaired) electrons. The molecule has 0 aliphatic carbocycles. The van der Waals surface area contributed by atoms with E-state index in [9.17, 15) is 4.79 Å². The van der Waals surface area contributed by atoms with E-state index in [0.29, 0.717) is 11.0 Å². The molecule has 5 nitrogen and oxygen atoms in total. The van der Waals surface area contributed by atoms with E-state index in [1.165, 1.54) is 10.9 Å². The van der Waals surface area contributed by atoms with Crippen molar-refractivity contribution in [3.63, 3.8) is 0 Å². The number of halogens is 1. The minimum Gasteiger partial charge on any atom is -0.476 e. The highest BCUT2D eigenvalue weighted by atomic mass is 79.9. The molecule has 1 heterocycles. The first kappa shape index (κ1) is 9.21. The molecule has 0 aliphatic rings. The molecule has 1 aromatic heterocycles. The highest BCUT2D eigenvalue weighted by Crippen LogP contribution is 2.14. The first-order valence-electron chi connectivity index (χ1n) is 3.22. The Labute approximate surface area is 76.8 Å². The van der Waals surface area contributed by atoms with Crippen molar-refractivity contribution < 1.29 is 15.0 Å². The molecule has 0 aromatic carbocycles. The highest BCUT2D eigenvalue weighted by Gasteiger charge is 2.12. The number of nitrogens with zero attached hydrogens (tertiary/aromatic N) is 2. The van der Waals surface area contributed by atoms with Crippen molar-refractivity contribution in [3.05, 3.63) is 16.4 Å². The van der Waals surface area contributed by atoms with E-state index in [1.54, 1.807) is 0 Å². The molecule has 0 atom stereocenters. The van der Waals surface area contributed by atoms with Gasteiger partial charge in [-0.25, -0.2) is 4.79 Å². The summed E-state index contributed by atoms with van der Waals surface area (Å²) in [6, 6.07) is 0. The Morgan fingerprint density at radius 2 is 2.42 bits per heavy atom. The molecule has 0 saturated carbocycles. The number of aromatic carboxylic acids is 1. The Bertz CT molecular complexity index is 297. The average Bonchev–Trinajstić information content (AvgIpc) is 2.32. The summed E-state index contributed by atoms with van der Waals surface area (Å²) < 4.78 is 1.79. The minimum absolute atomic E-state index is 0.0385. The van der Waals surface area contributed by atoms with Crippen LogP contribution in [0, 0.1) is 0 Å². The summed E-state index contributed by atoms with van der Waals surface area (Å²) in [5.41, 5.74) is -0.0385. The van der Waals surface area contributed by atoms with E-state index in [0.717, 1.165) is 0 Å². The molecule has 6 heteroatoms. The number of aliphatic hydroxyl groups excluding tert-OH is 1. The van der Waals surface area contributed by atoms with Gasteiger partial charge in [0, 0.05) is 6.20 Å². The Kier molecular flexibility index (Phi) is 2.83. The second-order valence-electron chi connectivity index (χ2n) is 2.12. The molecule has 1 rings (SSSR count). The molecule has 0 amide bonds. The molecule has 0 fully saturated rings. The van der Waals surface area contributed by atoms with Gasteiger partial charge in [0.1, 0.15) is 0 Å². The van der Waals surface area contributed by atoms with Crippen LogP contribution >= 0.6 is 15.9 Å². The molecule has 2 N–H and O–H groups in total. The summed E-state index contributed by atoms with van der Waals surface area (Å²) >= 11 is 3.04. The third-order valence-corrected chi connectivity index (χ3v) is 1.83. The van der Waals surface area contributed by atoms with Gasteiger partial charge in [-0.15, -0.1) is 0 Å². The first-order valence-corrected chi connectivity index (χ1v) is 4.01. The molecule has 0 saturated heterocycles. The number of carboxylic acids is 1. The zero-order valence-electron chi connectivity index (χ0n) is 6.07. The van der Waals surface area contributed by atoms with E-state index in [4.69, 9.17) is 10.2 Å². The number of aliphatic hydroxyl groups is 1. The van der Waals surface area contributed by atoms with Gasteiger partial charge in [-0.05, 0) is 15.9 Å². The lowest BCUT2D eigenvalue weighted by molar-refractivity contribution is 0.0688. The lowest BCUT2D eigenvalue weighted by atomic mass is 10.4. The maximum absolute atomic E-state index is 10.5. The average molecular weight is 235 g/mol. The Balaban J connectivity index is 2.92. The summed E-state index contributed by atoms with van der Waals surface area (Å²) in [7, 11) is 0. The topological polar surface area (TPSA) is 75.3 Å². The SMILES string of the molecule is O=C(O)c1nn(CCO)cc1Br. The monoisotopic (exact) mass is 234 g/mol. The number of hydrogen-bond acceptors (Lipinski definition) is 3. The number of hydrogen-bond donors (Lipinski definition) is 2. The molecule has 0 spiro atoms. The van der Waals surface area contributed by atoms with Gasteiger partial charge in [-0.2, -0.15) is 5.10 Å². The first-order chi connectivity index (χ1) is 5.65. The fourth-order valence-electron chi connectivity index (χ4n) is 0.759. The smallest absolute Gasteiger partial charge is 0.357 e. The molecule has 1 aromatic rings. The van der Waals surface area contributed by atoms with Crippen LogP contribution in [0.3, 0.4) is 0 Å². The van der Waals surface area contributed by atoms with E-state index in [1.807, 2.05) is 0 Å². The molecule has 0 unspecified atom stereocenters. The van der Waals surface area contributed by atoms with Gasteiger partial charge < -0.3 is 10.2 Å². The van der Waals surface area contributed by atoms with Gasteiger partial charge in [0.05, 0.1) is 17.6 Å². The summed E-state index contributed by atoms with van der Waals surface area (Å²) in [5, 5.41) is 20.8. The van der Waals surface area contributed by atoms with Crippen molar-refractivity contribution in [1.29, 1.82) is 0 Å². The molecular formula is C6H7BrN2O3. The van der Waals surface area contributed by atoms with Gasteiger partial charge >= 0.3 is 5.97 Å². The van der Waals surface area contributed by atoms with E-state index in [-0.39, 0.29) is 12.3 Å². The van der Waals surface area contributed by atoms with Crippen molar-refractivity contribution in [2.75, 3.05) is 6.61 Å². The molecule has 66 valence electrons. The maximum atomic E-state index is 10.5. The summed E-state index contributed by atoms with van der Waals surface area (Å²) in [6.07, 6.45) is 1.51. The third kappa shape index (κ3) is 1.83. The summed E-state index contributed by atoms with van der Waals surface area (Å²) in [5.74, 6) is -1.08. The van der Waals surface area contributed by atoms with Crippen LogP contribution in [0.1, 0.15) is 10.5 Å². The largest absolute Gasteiger partial charge is 0.476 e. The lowest BCUT2D eigenvalue weighted by Crippen LogP contribution is -2.05. The molecule has 12 heavy (non-hydrogen) atoms. The van der Waals surface area contributed by atoms with Crippen LogP contribution in [-0.2, 0) is 6.54 Å². The van der Waals surface area contributed by atoms with Crippen LogP contribution in [0.25, 0.3) is 0 Å². The van der Waals surface area contributed by atoms with Crippen molar-refractivity contribution in [3.8, 4) is 0 Å². The number of carboxylic acid groups (broad SMARTS) is 1. The van der Waals surface area contributed by atoms with Crippen LogP contribution in [-0.4, -0.2) is 32.6 Å². The lowest BCUT2D eigenvalue weighted by Gasteiger charge is -1.93. The number of carbonyl (C=O) groups is 1. The van der Waals surface area contributed by atoms with E-state index < -0.39 is 5.97 Å². The summed E-state index contributed by atoms with van der Waals surface area (Å²) in [6.45, 7) is 0.235. The van der Waals surface area contributed by atoms with Crippen molar-refractivity contribution in [2.45, 2.75) is 6.54 Å². The van der Waals surface area contributed by atoms with E-state index >= 15 is 0 Å². The zero-order valence-corrected chi connectivity index (χ0v) is 7.65. The predicted octanol–water partition coefficient (Wildman–Crippen LogP) is 0.336. The van der Waals surface area contributed by atoms with Crippen molar-refractivity contribution >= 4 is 21.9 Å². The number of aromatic nitrogens is 2. The minimum atomic E-state index is -1.08. The van der Waals surface area contributed by atoms with Gasteiger partial charge in [-0.3, -0.25) is 4.68 Å². The standard InChI is InChI=1S/C6H7BrN2O3/c7-4-3-9(1-2-10)8-5(4)6(11)12/h3,10H,1-2H2,(H,11,12). The number of rotatable bonds is 3. The second kappa shape index (κ2) is 3.68. The van der Waals surface area contributed by atoms with Crippen molar-refractivity contribution in [2.24, 2.45) is 0 Å². The van der Waals surface area contributed by atoms with Gasteiger partial charge in [0.15, 0.2) is 5.69 Å². The Morgan fingerprint density at radius 3 is 2.83 bits per heavy atom. The highest BCUT2D eigenvalue weighted by molar-refractivity contribution is 9.10. The molecule has 0 bridgehead atoms. The van der Waals surface area contributed by atoms with Crippen LogP contribution in [0.4, 0.5) is 0 Å². The van der Waals surface area contributed by atoms with E-state index in [2.05, 4.69) is 21.0 Å². The second-order valence-corrected chi connectivity index (χ2v) is 2.97. The fourth-order valence-corrected chi connectivity index (χ4v) is 1.24. The zero-order chi connectivity index (χ0) is 9.14. The van der Waals surface area contributed by atoms with Crippen LogP contribution in [0.2, 0.25) is 0 Å². The predicted molar refractivity (Wildman–Crippen MR) is 44.0 cm³/mol. The Hall–Kier alpha value is -0.880. The summed E-state index contributed by atoms with van der Waals surface area (Å²) in [4.78, 5) is 10.5.